The van der Waals surface area contributed by atoms with Crippen molar-refractivity contribution < 1.29 is 0 Å². The highest BCUT2D eigenvalue weighted by Gasteiger charge is 2.45. The summed E-state index contributed by atoms with van der Waals surface area (Å²) in [6.45, 7) is 15.9. The van der Waals surface area contributed by atoms with E-state index in [1.54, 1.807) is 38.5 Å². The van der Waals surface area contributed by atoms with Gasteiger partial charge in [-0.25, -0.2) is 0 Å². The Hall–Kier alpha value is -0.0400. The largest absolute Gasteiger partial charge is 0.314 e. The van der Waals surface area contributed by atoms with Crippen LogP contribution in [0.2, 0.25) is 0 Å². The van der Waals surface area contributed by atoms with Crippen molar-refractivity contribution in [3.8, 4) is 0 Å². The first-order valence-corrected chi connectivity index (χ1v) is 16.2. The lowest BCUT2D eigenvalue weighted by atomic mass is 9.54. The van der Waals surface area contributed by atoms with Crippen molar-refractivity contribution in [3.63, 3.8) is 0 Å². The zero-order chi connectivity index (χ0) is 24.5. The molecule has 3 fully saturated rings. The van der Waals surface area contributed by atoms with E-state index >= 15 is 0 Å². The molecule has 0 saturated heterocycles. The molecule has 1 heteroatoms. The van der Waals surface area contributed by atoms with E-state index in [1.807, 2.05) is 0 Å². The average molecular weight is 474 g/mol. The first-order chi connectivity index (χ1) is 16.4. The molecule has 0 spiro atoms. The molecule has 0 bridgehead atoms. The monoisotopic (exact) mass is 473 g/mol. The van der Waals surface area contributed by atoms with Gasteiger partial charge in [0.15, 0.2) is 0 Å². The van der Waals surface area contributed by atoms with Crippen LogP contribution in [-0.4, -0.2) is 12.6 Å². The highest BCUT2D eigenvalue weighted by molar-refractivity contribution is 4.95. The molecule has 0 aliphatic heterocycles. The molecule has 3 saturated carbocycles. The van der Waals surface area contributed by atoms with E-state index in [2.05, 4.69) is 46.9 Å². The van der Waals surface area contributed by atoms with Crippen LogP contribution in [-0.2, 0) is 0 Å². The molecule has 200 valence electrons. The van der Waals surface area contributed by atoms with E-state index in [4.69, 9.17) is 0 Å². The first kappa shape index (κ1) is 28.5. The summed E-state index contributed by atoms with van der Waals surface area (Å²) in [6.07, 6.45) is 23.8. The van der Waals surface area contributed by atoms with Gasteiger partial charge in [0, 0.05) is 6.04 Å². The average Bonchev–Trinajstić information content (AvgIpc) is 2.78. The van der Waals surface area contributed by atoms with E-state index in [1.165, 1.54) is 70.8 Å². The maximum atomic E-state index is 3.98. The van der Waals surface area contributed by atoms with Gasteiger partial charge in [0.2, 0.25) is 0 Å². The molecule has 1 nitrogen and oxygen atoms in total. The van der Waals surface area contributed by atoms with Crippen LogP contribution in [0, 0.1) is 53.3 Å². The molecular formula is C33H63N. The van der Waals surface area contributed by atoms with Crippen LogP contribution in [0.4, 0.5) is 0 Å². The molecule has 0 amide bonds. The van der Waals surface area contributed by atoms with Gasteiger partial charge in [0.1, 0.15) is 0 Å². The minimum absolute atomic E-state index is 0.689. The lowest BCUT2D eigenvalue weighted by molar-refractivity contribution is -0.00882. The lowest BCUT2D eigenvalue weighted by Crippen LogP contribution is -2.45. The Balaban J connectivity index is 1.58. The molecule has 0 radical (unpaired) electrons. The molecular weight excluding hydrogens is 410 g/mol. The number of hydrogen-bond acceptors (Lipinski definition) is 1. The van der Waals surface area contributed by atoms with Crippen molar-refractivity contribution in [2.24, 2.45) is 53.3 Å². The third-order valence-electron chi connectivity index (χ3n) is 10.8. The second-order valence-corrected chi connectivity index (χ2v) is 13.8. The van der Waals surface area contributed by atoms with Crippen LogP contribution in [0.3, 0.4) is 0 Å². The van der Waals surface area contributed by atoms with Crippen molar-refractivity contribution in [1.29, 1.82) is 0 Å². The fourth-order valence-electron chi connectivity index (χ4n) is 8.94. The molecule has 34 heavy (non-hydrogen) atoms. The zero-order valence-electron chi connectivity index (χ0n) is 24.3. The predicted octanol–water partition coefficient (Wildman–Crippen LogP) is 9.89. The summed E-state index contributed by atoms with van der Waals surface area (Å²) in [4.78, 5) is 0. The molecule has 0 aromatic rings. The summed E-state index contributed by atoms with van der Waals surface area (Å²) in [5.41, 5.74) is 0. The van der Waals surface area contributed by atoms with Crippen molar-refractivity contribution in [1.82, 2.24) is 5.32 Å². The van der Waals surface area contributed by atoms with Gasteiger partial charge in [-0.1, -0.05) is 105 Å². The summed E-state index contributed by atoms with van der Waals surface area (Å²) in [7, 11) is 0. The Morgan fingerprint density at radius 1 is 0.735 bits per heavy atom. The topological polar surface area (TPSA) is 12.0 Å². The Kier molecular flexibility index (Phi) is 12.3. The highest BCUT2D eigenvalue weighted by Crippen LogP contribution is 2.54. The van der Waals surface area contributed by atoms with E-state index < -0.39 is 0 Å². The van der Waals surface area contributed by atoms with E-state index in [9.17, 15) is 0 Å². The maximum absolute atomic E-state index is 3.98. The third-order valence-corrected chi connectivity index (χ3v) is 10.8. The molecule has 3 aliphatic rings. The fraction of sp³-hybridized carbons (Fsp3) is 1.00. The Bertz CT molecular complexity index is 541. The first-order valence-electron chi connectivity index (χ1n) is 16.2. The van der Waals surface area contributed by atoms with E-state index in [0.29, 0.717) is 6.04 Å². The quantitative estimate of drug-likeness (QED) is 0.247. The van der Waals surface area contributed by atoms with Gasteiger partial charge in [0.05, 0.1) is 0 Å². The zero-order valence-corrected chi connectivity index (χ0v) is 24.3. The fourth-order valence-corrected chi connectivity index (χ4v) is 8.94. The minimum Gasteiger partial charge on any atom is -0.314 e. The molecule has 0 aromatic carbocycles. The molecule has 9 unspecified atom stereocenters. The number of nitrogens with one attached hydrogen (secondary N) is 1. The predicted molar refractivity (Wildman–Crippen MR) is 151 cm³/mol. The Labute approximate surface area is 215 Å². The van der Waals surface area contributed by atoms with Crippen molar-refractivity contribution in [3.05, 3.63) is 0 Å². The molecule has 9 atom stereocenters. The van der Waals surface area contributed by atoms with Gasteiger partial charge >= 0.3 is 0 Å². The molecule has 0 heterocycles. The van der Waals surface area contributed by atoms with Crippen LogP contribution in [0.1, 0.15) is 144 Å². The molecule has 1 N–H and O–H groups in total. The number of rotatable bonds is 14. The van der Waals surface area contributed by atoms with Crippen molar-refractivity contribution in [2.75, 3.05) is 6.54 Å². The second kappa shape index (κ2) is 14.6. The van der Waals surface area contributed by atoms with Crippen LogP contribution in [0.5, 0.6) is 0 Å². The third kappa shape index (κ3) is 7.98. The van der Waals surface area contributed by atoms with E-state index in [0.717, 1.165) is 53.3 Å². The molecule has 0 aromatic heterocycles. The smallest absolute Gasteiger partial charge is 0.00721 e. The van der Waals surface area contributed by atoms with Gasteiger partial charge in [-0.3, -0.25) is 0 Å². The SMILES string of the molecule is CCCCNC(C)C(C(C)CCC)C1CCCC(C2CCC2C2CCCC(CCC(C)C)C2)C1. The standard InChI is InChI=1S/C33H63N/c1-7-9-21-34-26(6)33(25(5)12-8-2)30-16-11-15-29(23-30)32-20-19-31(32)28-14-10-13-27(22-28)18-17-24(3)4/h24-34H,7-23H2,1-6H3. The summed E-state index contributed by atoms with van der Waals surface area (Å²) >= 11 is 0. The normalized spacial score (nSPS) is 35.0. The van der Waals surface area contributed by atoms with Gasteiger partial charge in [0.25, 0.3) is 0 Å². The van der Waals surface area contributed by atoms with Crippen LogP contribution in [0.15, 0.2) is 0 Å². The molecule has 3 aliphatic carbocycles. The number of unbranched alkanes of at least 4 members (excludes halogenated alkanes) is 1. The van der Waals surface area contributed by atoms with Crippen LogP contribution >= 0.6 is 0 Å². The summed E-state index contributed by atoms with van der Waals surface area (Å²) in [5.74, 6) is 8.97. The maximum Gasteiger partial charge on any atom is 0.00721 e. The summed E-state index contributed by atoms with van der Waals surface area (Å²) < 4.78 is 0. The van der Waals surface area contributed by atoms with Gasteiger partial charge in [-0.2, -0.15) is 0 Å². The second-order valence-electron chi connectivity index (χ2n) is 13.8. The van der Waals surface area contributed by atoms with Crippen molar-refractivity contribution in [2.45, 2.75) is 150 Å². The van der Waals surface area contributed by atoms with Gasteiger partial charge in [-0.15, -0.1) is 0 Å². The van der Waals surface area contributed by atoms with E-state index in [-0.39, 0.29) is 0 Å². The summed E-state index contributed by atoms with van der Waals surface area (Å²) in [5, 5.41) is 3.98. The molecule has 3 rings (SSSR count). The van der Waals surface area contributed by atoms with Gasteiger partial charge < -0.3 is 5.32 Å². The summed E-state index contributed by atoms with van der Waals surface area (Å²) in [6, 6.07) is 0.689. The van der Waals surface area contributed by atoms with Crippen LogP contribution in [0.25, 0.3) is 0 Å². The Morgan fingerprint density at radius 3 is 2.03 bits per heavy atom. The lowest BCUT2D eigenvalue weighted by Gasteiger charge is -2.51. The number of hydrogen-bond donors (Lipinski definition) is 1. The minimum atomic E-state index is 0.689. The van der Waals surface area contributed by atoms with Crippen LogP contribution < -0.4 is 5.32 Å². The van der Waals surface area contributed by atoms with Gasteiger partial charge in [-0.05, 0) is 98.8 Å². The Morgan fingerprint density at radius 2 is 1.41 bits per heavy atom. The highest BCUT2D eigenvalue weighted by atomic mass is 14.9. The van der Waals surface area contributed by atoms with Crippen molar-refractivity contribution >= 4 is 0 Å².